The molecule has 2 aliphatic heterocycles. The number of nitrogens with zero attached hydrogens (tertiary/aromatic N) is 1. The number of ether oxygens (including phenoxy) is 1. The third-order valence-corrected chi connectivity index (χ3v) is 5.92. The first kappa shape index (κ1) is 16.0. The Morgan fingerprint density at radius 3 is 3.04 bits per heavy atom. The molecule has 1 spiro atoms. The molecule has 4 rings (SSSR count). The van der Waals surface area contributed by atoms with Crippen molar-refractivity contribution in [1.82, 2.24) is 10.4 Å². The van der Waals surface area contributed by atoms with Gasteiger partial charge >= 0.3 is 0 Å². The number of carbonyl (C=O) groups is 1. The minimum atomic E-state index is -0.671. The molecule has 0 aromatic heterocycles. The molecule has 1 amide bonds. The second kappa shape index (κ2) is 6.10. The second-order valence-corrected chi connectivity index (χ2v) is 7.29. The van der Waals surface area contributed by atoms with Crippen molar-refractivity contribution in [2.24, 2.45) is 0 Å². The molecule has 1 saturated carbocycles. The third-order valence-electron chi connectivity index (χ3n) is 5.92. The average molecular weight is 334 g/mol. The van der Waals surface area contributed by atoms with Crippen LogP contribution in [0.25, 0.3) is 0 Å². The van der Waals surface area contributed by atoms with Gasteiger partial charge in [-0.2, -0.15) is 0 Å². The topological polar surface area (TPSA) is 61.8 Å². The average Bonchev–Trinajstić information content (AvgIpc) is 3.24. The van der Waals surface area contributed by atoms with Gasteiger partial charge in [-0.1, -0.05) is 0 Å². The molecule has 0 unspecified atom stereocenters. The standard InChI is InChI=1S/C18H23FN2O3/c19-16-9-13(17(22)20-23)8-12-3-6-21(11-15(12)16)14-2-5-18(10-14)4-1-7-24-18/h8-9,14,23H,1-7,10-11H2,(H,20,22)/t14-,18+/m0/s1. The second-order valence-electron chi connectivity index (χ2n) is 7.29. The summed E-state index contributed by atoms with van der Waals surface area (Å²) in [5.74, 6) is -1.03. The fraction of sp³-hybridized carbons (Fsp3) is 0.611. The Labute approximate surface area is 140 Å². The lowest BCUT2D eigenvalue weighted by Gasteiger charge is -2.35. The third kappa shape index (κ3) is 2.72. The molecule has 130 valence electrons. The smallest absolute Gasteiger partial charge is 0.274 e. The maximum Gasteiger partial charge on any atom is 0.274 e. The maximum atomic E-state index is 14.5. The van der Waals surface area contributed by atoms with E-state index in [1.54, 1.807) is 11.5 Å². The molecule has 0 radical (unpaired) electrons. The van der Waals surface area contributed by atoms with Crippen LogP contribution in [-0.4, -0.2) is 40.8 Å². The first-order chi connectivity index (χ1) is 11.6. The van der Waals surface area contributed by atoms with E-state index in [-0.39, 0.29) is 17.0 Å². The van der Waals surface area contributed by atoms with Gasteiger partial charge in [0.1, 0.15) is 5.82 Å². The summed E-state index contributed by atoms with van der Waals surface area (Å²) in [6.45, 7) is 2.33. The highest BCUT2D eigenvalue weighted by Gasteiger charge is 2.44. The van der Waals surface area contributed by atoms with Crippen LogP contribution in [0.1, 0.15) is 53.6 Å². The Balaban J connectivity index is 1.51. The SMILES string of the molecule is O=C(NO)c1cc(F)c2c(c1)CCN([C@H]1CC[C@]3(CCCO3)C1)C2. The fourth-order valence-electron chi connectivity index (χ4n) is 4.64. The molecule has 0 bridgehead atoms. The number of rotatable bonds is 2. The number of benzene rings is 1. The van der Waals surface area contributed by atoms with Crippen molar-refractivity contribution in [3.8, 4) is 0 Å². The largest absolute Gasteiger partial charge is 0.375 e. The van der Waals surface area contributed by atoms with Crippen LogP contribution in [0.3, 0.4) is 0 Å². The highest BCUT2D eigenvalue weighted by molar-refractivity contribution is 5.93. The Kier molecular flexibility index (Phi) is 4.06. The van der Waals surface area contributed by atoms with E-state index in [9.17, 15) is 9.18 Å². The van der Waals surface area contributed by atoms with E-state index < -0.39 is 5.91 Å². The lowest BCUT2D eigenvalue weighted by atomic mass is 9.94. The van der Waals surface area contributed by atoms with Gasteiger partial charge in [0.2, 0.25) is 0 Å². The zero-order valence-corrected chi connectivity index (χ0v) is 13.7. The van der Waals surface area contributed by atoms with Crippen molar-refractivity contribution in [2.75, 3.05) is 13.2 Å². The van der Waals surface area contributed by atoms with Gasteiger partial charge in [-0.3, -0.25) is 14.9 Å². The van der Waals surface area contributed by atoms with Crippen LogP contribution in [0.2, 0.25) is 0 Å². The number of nitrogens with one attached hydrogen (secondary N) is 1. The van der Waals surface area contributed by atoms with E-state index in [0.29, 0.717) is 18.2 Å². The molecule has 2 N–H and O–H groups in total. The van der Waals surface area contributed by atoms with Crippen molar-refractivity contribution in [3.05, 3.63) is 34.6 Å². The van der Waals surface area contributed by atoms with Crippen molar-refractivity contribution in [2.45, 2.75) is 56.7 Å². The lowest BCUT2D eigenvalue weighted by molar-refractivity contribution is 0.00287. The number of hydrogen-bond acceptors (Lipinski definition) is 4. The van der Waals surface area contributed by atoms with Gasteiger partial charge < -0.3 is 4.74 Å². The van der Waals surface area contributed by atoms with Crippen LogP contribution in [0.5, 0.6) is 0 Å². The van der Waals surface area contributed by atoms with E-state index >= 15 is 0 Å². The van der Waals surface area contributed by atoms with Crippen LogP contribution in [0.15, 0.2) is 12.1 Å². The molecule has 6 heteroatoms. The van der Waals surface area contributed by atoms with Crippen molar-refractivity contribution < 1.29 is 19.1 Å². The molecular weight excluding hydrogens is 311 g/mol. The van der Waals surface area contributed by atoms with Crippen LogP contribution < -0.4 is 5.48 Å². The summed E-state index contributed by atoms with van der Waals surface area (Å²) < 4.78 is 20.5. The zero-order chi connectivity index (χ0) is 16.7. The van der Waals surface area contributed by atoms with Crippen molar-refractivity contribution in [3.63, 3.8) is 0 Å². The van der Waals surface area contributed by atoms with E-state index in [0.717, 1.165) is 57.2 Å². The Morgan fingerprint density at radius 2 is 2.29 bits per heavy atom. The number of carbonyl (C=O) groups excluding carboxylic acids is 1. The molecule has 1 aliphatic carbocycles. The minimum Gasteiger partial charge on any atom is -0.375 e. The molecule has 3 aliphatic rings. The first-order valence-corrected chi connectivity index (χ1v) is 8.74. The van der Waals surface area contributed by atoms with E-state index in [1.807, 2.05) is 0 Å². The van der Waals surface area contributed by atoms with Gasteiger partial charge in [0.15, 0.2) is 0 Å². The van der Waals surface area contributed by atoms with Gasteiger partial charge in [-0.25, -0.2) is 9.87 Å². The van der Waals surface area contributed by atoms with Crippen LogP contribution >= 0.6 is 0 Å². The minimum absolute atomic E-state index is 0.0760. The molecular formula is C18H23FN2O3. The van der Waals surface area contributed by atoms with E-state index in [4.69, 9.17) is 9.94 Å². The highest BCUT2D eigenvalue weighted by Crippen LogP contribution is 2.43. The summed E-state index contributed by atoms with van der Waals surface area (Å²) in [7, 11) is 0. The van der Waals surface area contributed by atoms with E-state index in [1.165, 1.54) is 6.07 Å². The number of halogens is 1. The number of hydrogen-bond donors (Lipinski definition) is 2. The van der Waals surface area contributed by atoms with Gasteiger partial charge in [0, 0.05) is 36.9 Å². The summed E-state index contributed by atoms with van der Waals surface area (Å²) >= 11 is 0. The fourth-order valence-corrected chi connectivity index (χ4v) is 4.64. The summed E-state index contributed by atoms with van der Waals surface area (Å²) in [5, 5.41) is 8.73. The molecule has 2 heterocycles. The van der Waals surface area contributed by atoms with Crippen LogP contribution in [0.4, 0.5) is 4.39 Å². The van der Waals surface area contributed by atoms with Gasteiger partial charge in [0.25, 0.3) is 5.91 Å². The summed E-state index contributed by atoms with van der Waals surface area (Å²) in [4.78, 5) is 13.9. The first-order valence-electron chi connectivity index (χ1n) is 8.74. The zero-order valence-electron chi connectivity index (χ0n) is 13.7. The normalized spacial score (nSPS) is 29.8. The molecule has 2 fully saturated rings. The molecule has 2 atom stereocenters. The maximum absolute atomic E-state index is 14.5. The number of fused-ring (bicyclic) bond motifs is 1. The monoisotopic (exact) mass is 334 g/mol. The predicted molar refractivity (Wildman–Crippen MR) is 85.3 cm³/mol. The predicted octanol–water partition coefficient (Wildman–Crippen LogP) is 2.40. The summed E-state index contributed by atoms with van der Waals surface area (Å²) in [6.07, 6.45) is 6.31. The molecule has 5 nitrogen and oxygen atoms in total. The highest BCUT2D eigenvalue weighted by atomic mass is 19.1. The van der Waals surface area contributed by atoms with Gasteiger partial charge in [-0.15, -0.1) is 0 Å². The summed E-state index contributed by atoms with van der Waals surface area (Å²) in [5.41, 5.74) is 3.36. The molecule has 1 aromatic rings. The van der Waals surface area contributed by atoms with Crippen molar-refractivity contribution >= 4 is 5.91 Å². The Morgan fingerprint density at radius 1 is 1.42 bits per heavy atom. The number of hydroxylamine groups is 1. The Hall–Kier alpha value is -1.50. The Bertz CT molecular complexity index is 658. The molecule has 24 heavy (non-hydrogen) atoms. The van der Waals surface area contributed by atoms with E-state index in [2.05, 4.69) is 4.90 Å². The van der Waals surface area contributed by atoms with Gasteiger partial charge in [-0.05, 0) is 56.2 Å². The lowest BCUT2D eigenvalue weighted by Crippen LogP contribution is -2.40. The van der Waals surface area contributed by atoms with Gasteiger partial charge in [0.05, 0.1) is 5.60 Å². The van der Waals surface area contributed by atoms with Crippen molar-refractivity contribution in [1.29, 1.82) is 0 Å². The van der Waals surface area contributed by atoms with Crippen LogP contribution in [0, 0.1) is 5.82 Å². The summed E-state index contributed by atoms with van der Waals surface area (Å²) in [6, 6.07) is 3.36. The number of amides is 1. The molecule has 1 aromatic carbocycles. The van der Waals surface area contributed by atoms with Crippen LogP contribution in [-0.2, 0) is 17.7 Å². The quantitative estimate of drug-likeness (QED) is 0.644. The molecule has 1 saturated heterocycles.